The highest BCUT2D eigenvalue weighted by Crippen LogP contribution is 2.68. The number of carbonyl (C=O) groups is 1. The lowest BCUT2D eigenvalue weighted by molar-refractivity contribution is -0.128. The summed E-state index contributed by atoms with van der Waals surface area (Å²) in [6.45, 7) is 7.53. The standard InChI is InChI=1S/C23H25N5O3S/c1-11(2)25-21-17-22(27-16(26-21)8-7-14-6-5-12(3)32-14)28(10-24-17)18-15-9-23(15,13(4)29)20(31)19(18)30/h5-6,10-11,15,18-20,30-31H,9H2,1-4H3,(H,25,26,27)/t15?,18-,19+,20?,23-/m1/s1. The SMILES string of the molecule is CC(=O)[C@]12CC1[C@@H](n1cnc3c(NC(C)C)nc(C#Cc4ccc(C)s4)nc31)[C@H](O)C2O. The molecule has 0 bridgehead atoms. The van der Waals surface area contributed by atoms with E-state index in [1.165, 1.54) is 11.8 Å². The smallest absolute Gasteiger partial charge is 0.209 e. The van der Waals surface area contributed by atoms with Gasteiger partial charge < -0.3 is 20.1 Å². The van der Waals surface area contributed by atoms with E-state index in [9.17, 15) is 15.0 Å². The van der Waals surface area contributed by atoms with Gasteiger partial charge in [0.25, 0.3) is 0 Å². The zero-order valence-electron chi connectivity index (χ0n) is 18.3. The first-order valence-corrected chi connectivity index (χ1v) is 11.5. The summed E-state index contributed by atoms with van der Waals surface area (Å²) in [5.41, 5.74) is 0.225. The number of aryl methyl sites for hydroxylation is 1. The van der Waals surface area contributed by atoms with E-state index in [4.69, 9.17) is 0 Å². The second kappa shape index (κ2) is 7.37. The van der Waals surface area contributed by atoms with Crippen LogP contribution in [0.5, 0.6) is 0 Å². The average Bonchev–Trinajstić information content (AvgIpc) is 2.98. The largest absolute Gasteiger partial charge is 0.389 e. The monoisotopic (exact) mass is 451 g/mol. The Bertz CT molecular complexity index is 1290. The molecule has 3 aromatic heterocycles. The minimum absolute atomic E-state index is 0.0874. The number of anilines is 1. The number of hydrogen-bond donors (Lipinski definition) is 3. The number of fused-ring (bicyclic) bond motifs is 2. The summed E-state index contributed by atoms with van der Waals surface area (Å²) in [6.07, 6.45) is -0.00357. The van der Waals surface area contributed by atoms with Gasteiger partial charge in [0.1, 0.15) is 11.9 Å². The van der Waals surface area contributed by atoms with Crippen molar-refractivity contribution in [1.82, 2.24) is 19.5 Å². The number of carbonyl (C=O) groups excluding carboxylic acids is 1. The Morgan fingerprint density at radius 2 is 2.09 bits per heavy atom. The van der Waals surface area contributed by atoms with Crippen LogP contribution in [0.1, 0.15) is 48.8 Å². The predicted molar refractivity (Wildman–Crippen MR) is 121 cm³/mol. The maximum atomic E-state index is 12.2. The predicted octanol–water partition coefficient (Wildman–Crippen LogP) is 2.29. The highest BCUT2D eigenvalue weighted by atomic mass is 32.1. The van der Waals surface area contributed by atoms with Crippen molar-refractivity contribution in [3.05, 3.63) is 34.0 Å². The molecule has 8 nitrogen and oxygen atoms in total. The zero-order valence-corrected chi connectivity index (χ0v) is 19.1. The van der Waals surface area contributed by atoms with Crippen LogP contribution < -0.4 is 5.32 Å². The minimum atomic E-state index is -1.09. The Balaban J connectivity index is 1.61. The van der Waals surface area contributed by atoms with Crippen molar-refractivity contribution >= 4 is 34.1 Å². The molecule has 2 aliphatic rings. The van der Waals surface area contributed by atoms with Crippen molar-refractivity contribution in [2.24, 2.45) is 11.3 Å². The van der Waals surface area contributed by atoms with Gasteiger partial charge in [-0.25, -0.2) is 15.0 Å². The number of aliphatic hydroxyl groups is 2. The van der Waals surface area contributed by atoms with Crippen LogP contribution in [0.25, 0.3) is 11.2 Å². The van der Waals surface area contributed by atoms with Gasteiger partial charge in [0.15, 0.2) is 17.0 Å². The number of Topliss-reactive ketones (excluding diaryl/α,β-unsaturated/α-hetero) is 1. The summed E-state index contributed by atoms with van der Waals surface area (Å²) >= 11 is 1.60. The van der Waals surface area contributed by atoms with E-state index in [1.54, 1.807) is 22.2 Å². The first-order valence-electron chi connectivity index (χ1n) is 10.7. The summed E-state index contributed by atoms with van der Waals surface area (Å²) in [5, 5.41) is 24.7. The number of imidazole rings is 1. The van der Waals surface area contributed by atoms with Gasteiger partial charge in [-0.05, 0) is 64.0 Å². The van der Waals surface area contributed by atoms with Crippen LogP contribution in [0, 0.1) is 30.1 Å². The summed E-state index contributed by atoms with van der Waals surface area (Å²) < 4.78 is 1.78. The number of rotatable bonds is 4. The van der Waals surface area contributed by atoms with Crippen molar-refractivity contribution < 1.29 is 15.0 Å². The molecule has 2 saturated carbocycles. The fourth-order valence-electron chi connectivity index (χ4n) is 4.96. The van der Waals surface area contributed by atoms with Crippen molar-refractivity contribution in [3.63, 3.8) is 0 Å². The Morgan fingerprint density at radius 3 is 2.72 bits per heavy atom. The van der Waals surface area contributed by atoms with Crippen LogP contribution in [-0.2, 0) is 4.79 Å². The van der Waals surface area contributed by atoms with Gasteiger partial charge in [-0.1, -0.05) is 0 Å². The van der Waals surface area contributed by atoms with Crippen LogP contribution in [0.15, 0.2) is 18.5 Å². The third-order valence-electron chi connectivity index (χ3n) is 6.53. The first kappa shape index (κ1) is 21.1. The number of thiophene rings is 1. The van der Waals surface area contributed by atoms with Crippen molar-refractivity contribution in [2.75, 3.05) is 5.32 Å². The molecule has 0 saturated heterocycles. The molecule has 0 amide bonds. The molecule has 0 spiro atoms. The van der Waals surface area contributed by atoms with Crippen LogP contribution in [-0.4, -0.2) is 53.8 Å². The molecule has 3 N–H and O–H groups in total. The van der Waals surface area contributed by atoms with E-state index in [0.717, 1.165) is 4.88 Å². The quantitative estimate of drug-likeness (QED) is 0.522. The number of ketones is 1. The molecule has 2 fully saturated rings. The molecule has 3 heterocycles. The van der Waals surface area contributed by atoms with Crippen molar-refractivity contribution in [1.29, 1.82) is 0 Å². The topological polar surface area (TPSA) is 113 Å². The molecule has 2 unspecified atom stereocenters. The van der Waals surface area contributed by atoms with Crippen LogP contribution in [0.4, 0.5) is 5.82 Å². The average molecular weight is 452 g/mol. The number of nitrogens with one attached hydrogen (secondary N) is 1. The highest BCUT2D eigenvalue weighted by molar-refractivity contribution is 7.12. The summed E-state index contributed by atoms with van der Waals surface area (Å²) in [6, 6.07) is 3.62. The van der Waals surface area contributed by atoms with E-state index >= 15 is 0 Å². The molecule has 0 aromatic carbocycles. The maximum Gasteiger partial charge on any atom is 0.209 e. The van der Waals surface area contributed by atoms with Gasteiger partial charge >= 0.3 is 0 Å². The van der Waals surface area contributed by atoms with Gasteiger partial charge in [0.2, 0.25) is 5.82 Å². The lowest BCUT2D eigenvalue weighted by Crippen LogP contribution is -2.36. The fourth-order valence-corrected chi connectivity index (χ4v) is 5.68. The van der Waals surface area contributed by atoms with Crippen molar-refractivity contribution in [2.45, 2.75) is 58.4 Å². The number of nitrogens with zero attached hydrogens (tertiary/aromatic N) is 4. The Hall–Kier alpha value is -2.80. The lowest BCUT2D eigenvalue weighted by atomic mass is 9.95. The maximum absolute atomic E-state index is 12.2. The second-order valence-corrected chi connectivity index (χ2v) is 10.3. The molecular weight excluding hydrogens is 426 g/mol. The molecule has 9 heteroatoms. The second-order valence-electron chi connectivity index (χ2n) is 9.01. The number of aromatic nitrogens is 4. The fraction of sp³-hybridized carbons (Fsp3) is 0.478. The van der Waals surface area contributed by atoms with Gasteiger partial charge in [-0.15, -0.1) is 11.3 Å². The molecule has 0 radical (unpaired) electrons. The molecule has 0 aliphatic heterocycles. The van der Waals surface area contributed by atoms with Gasteiger partial charge in [-0.3, -0.25) is 4.79 Å². The number of hydrogen-bond acceptors (Lipinski definition) is 8. The summed E-state index contributed by atoms with van der Waals surface area (Å²) in [5.74, 6) is 6.83. The molecular formula is C23H25N5O3S. The van der Waals surface area contributed by atoms with Crippen LogP contribution in [0.3, 0.4) is 0 Å². The zero-order chi connectivity index (χ0) is 22.8. The van der Waals surface area contributed by atoms with Crippen molar-refractivity contribution in [3.8, 4) is 11.8 Å². The molecule has 3 aromatic rings. The third-order valence-corrected chi connectivity index (χ3v) is 7.45. The lowest BCUT2D eigenvalue weighted by Gasteiger charge is -2.23. The van der Waals surface area contributed by atoms with Crippen LogP contribution in [0.2, 0.25) is 0 Å². The molecule has 2 aliphatic carbocycles. The van der Waals surface area contributed by atoms with Gasteiger partial charge in [0.05, 0.1) is 28.8 Å². The van der Waals surface area contributed by atoms with E-state index in [-0.39, 0.29) is 17.7 Å². The Morgan fingerprint density at radius 1 is 1.31 bits per heavy atom. The van der Waals surface area contributed by atoms with Crippen LogP contribution >= 0.6 is 11.3 Å². The molecule has 32 heavy (non-hydrogen) atoms. The normalized spacial score (nSPS) is 28.5. The van der Waals surface area contributed by atoms with E-state index < -0.39 is 23.7 Å². The Labute approximate surface area is 189 Å². The van der Waals surface area contributed by atoms with E-state index in [1.807, 2.05) is 32.9 Å². The van der Waals surface area contributed by atoms with Gasteiger partial charge in [0, 0.05) is 10.9 Å². The summed E-state index contributed by atoms with van der Waals surface area (Å²) in [7, 11) is 0. The summed E-state index contributed by atoms with van der Waals surface area (Å²) in [4.78, 5) is 28.1. The molecule has 5 atom stereocenters. The van der Waals surface area contributed by atoms with E-state index in [0.29, 0.717) is 29.2 Å². The third kappa shape index (κ3) is 3.13. The Kier molecular flexibility index (Phi) is 4.85. The first-order chi connectivity index (χ1) is 15.2. The molecule has 166 valence electrons. The molecule has 5 rings (SSSR count). The van der Waals surface area contributed by atoms with Gasteiger partial charge in [-0.2, -0.15) is 0 Å². The number of aliphatic hydroxyl groups excluding tert-OH is 2. The minimum Gasteiger partial charge on any atom is -0.389 e. The highest BCUT2D eigenvalue weighted by Gasteiger charge is 2.74. The van der Waals surface area contributed by atoms with E-state index in [2.05, 4.69) is 32.1 Å².